The van der Waals surface area contributed by atoms with Gasteiger partial charge in [0.25, 0.3) is 0 Å². The van der Waals surface area contributed by atoms with Crippen molar-refractivity contribution in [3.05, 3.63) is 72.9 Å². The molecule has 1 atom stereocenters. The van der Waals surface area contributed by atoms with Crippen LogP contribution in [0.25, 0.3) is 0 Å². The zero-order valence-electron chi connectivity index (χ0n) is 39.5. The molecule has 0 aromatic heterocycles. The standard InChI is InChI=1S/C56H102O2/c1-4-7-10-13-16-19-22-25-28-31-34-37-40-43-46-49-52-55(57)56(58,53-50-47-44-41-38-35-32-29-26-23-20-17-14-11-8-5-2)54-51-48-45-42-39-36-33-30-27-24-21-18-15-12-9-6-3/h16-21,25-30,55,57-58H,4-15,22-24,31-54H2,1-3H3. The van der Waals surface area contributed by atoms with E-state index in [0.29, 0.717) is 0 Å². The van der Waals surface area contributed by atoms with Gasteiger partial charge in [0, 0.05) is 0 Å². The van der Waals surface area contributed by atoms with Gasteiger partial charge in [0.15, 0.2) is 0 Å². The minimum atomic E-state index is -0.915. The molecule has 0 aromatic rings. The molecule has 0 fully saturated rings. The van der Waals surface area contributed by atoms with Gasteiger partial charge in [0.2, 0.25) is 0 Å². The van der Waals surface area contributed by atoms with Crippen LogP contribution in [0.4, 0.5) is 0 Å². The van der Waals surface area contributed by atoms with Gasteiger partial charge in [-0.15, -0.1) is 0 Å². The SMILES string of the molecule is CCCCCC=CCC=CCCCCCCCCC(O)C(O)(CCCCCCCCC=CCC=CCCCCC)CCCCCCCCC=CCC=CCCCCC. The number of hydrogen-bond donors (Lipinski definition) is 2. The number of rotatable bonds is 46. The topological polar surface area (TPSA) is 40.5 Å². The van der Waals surface area contributed by atoms with Crippen LogP contribution < -0.4 is 0 Å². The molecule has 0 saturated heterocycles. The number of allylic oxidation sites excluding steroid dienone is 12. The lowest BCUT2D eigenvalue weighted by atomic mass is 9.82. The quantitative estimate of drug-likeness (QED) is 0.0475. The lowest BCUT2D eigenvalue weighted by Gasteiger charge is -2.34. The van der Waals surface area contributed by atoms with Crippen LogP contribution in [-0.4, -0.2) is 21.9 Å². The molecule has 0 bridgehead atoms. The molecule has 0 aromatic carbocycles. The van der Waals surface area contributed by atoms with Gasteiger partial charge in [-0.2, -0.15) is 0 Å². The fourth-order valence-electron chi connectivity index (χ4n) is 7.89. The lowest BCUT2D eigenvalue weighted by molar-refractivity contribution is -0.0919. The highest BCUT2D eigenvalue weighted by molar-refractivity contribution is 4.94. The Hall–Kier alpha value is -1.64. The minimum Gasteiger partial charge on any atom is -0.390 e. The molecule has 0 aliphatic heterocycles. The maximum Gasteiger partial charge on any atom is 0.0905 e. The monoisotopic (exact) mass is 807 g/mol. The molecule has 2 heteroatoms. The van der Waals surface area contributed by atoms with Crippen molar-refractivity contribution in [2.75, 3.05) is 0 Å². The molecule has 2 nitrogen and oxygen atoms in total. The summed E-state index contributed by atoms with van der Waals surface area (Å²) in [5.41, 5.74) is -0.915. The van der Waals surface area contributed by atoms with Crippen molar-refractivity contribution in [2.45, 2.75) is 283 Å². The third-order valence-corrected chi connectivity index (χ3v) is 11.9. The number of aliphatic hydroxyl groups excluding tert-OH is 1. The van der Waals surface area contributed by atoms with Crippen molar-refractivity contribution in [1.82, 2.24) is 0 Å². The maximum absolute atomic E-state index is 11.9. The van der Waals surface area contributed by atoms with Crippen molar-refractivity contribution < 1.29 is 10.2 Å². The van der Waals surface area contributed by atoms with E-state index in [2.05, 4.69) is 93.7 Å². The van der Waals surface area contributed by atoms with Crippen LogP contribution in [-0.2, 0) is 0 Å². The van der Waals surface area contributed by atoms with Crippen LogP contribution in [0, 0.1) is 0 Å². The van der Waals surface area contributed by atoms with Crippen molar-refractivity contribution >= 4 is 0 Å². The summed E-state index contributed by atoms with van der Waals surface area (Å²) in [7, 11) is 0. The van der Waals surface area contributed by atoms with E-state index in [9.17, 15) is 10.2 Å². The van der Waals surface area contributed by atoms with E-state index in [1.807, 2.05) is 0 Å². The van der Waals surface area contributed by atoms with Crippen LogP contribution in [0.5, 0.6) is 0 Å². The fourth-order valence-corrected chi connectivity index (χ4v) is 7.89. The molecule has 338 valence electrons. The molecule has 58 heavy (non-hydrogen) atoms. The Bertz CT molecular complexity index is 919. The zero-order valence-corrected chi connectivity index (χ0v) is 39.5. The van der Waals surface area contributed by atoms with Gasteiger partial charge >= 0.3 is 0 Å². The van der Waals surface area contributed by atoms with Crippen molar-refractivity contribution in [3.63, 3.8) is 0 Å². The molecule has 0 rings (SSSR count). The van der Waals surface area contributed by atoms with Gasteiger partial charge in [-0.3, -0.25) is 0 Å². The van der Waals surface area contributed by atoms with Gasteiger partial charge in [0.05, 0.1) is 11.7 Å². The molecule has 0 heterocycles. The van der Waals surface area contributed by atoms with Crippen LogP contribution in [0.3, 0.4) is 0 Å². The Kier molecular flexibility index (Phi) is 46.7. The van der Waals surface area contributed by atoms with Gasteiger partial charge in [0.1, 0.15) is 0 Å². The Balaban J connectivity index is 4.39. The van der Waals surface area contributed by atoms with Crippen LogP contribution in [0.15, 0.2) is 72.9 Å². The average Bonchev–Trinajstić information content (AvgIpc) is 3.23. The van der Waals surface area contributed by atoms with Gasteiger partial charge in [-0.1, -0.05) is 229 Å². The van der Waals surface area contributed by atoms with E-state index < -0.39 is 11.7 Å². The van der Waals surface area contributed by atoms with E-state index >= 15 is 0 Å². The average molecular weight is 807 g/mol. The minimum absolute atomic E-state index is 0.589. The smallest absolute Gasteiger partial charge is 0.0905 e. The summed E-state index contributed by atoms with van der Waals surface area (Å²) in [5, 5.41) is 23.2. The van der Waals surface area contributed by atoms with E-state index in [4.69, 9.17) is 0 Å². The summed E-state index contributed by atoms with van der Waals surface area (Å²) >= 11 is 0. The van der Waals surface area contributed by atoms with Crippen molar-refractivity contribution in [1.29, 1.82) is 0 Å². The highest BCUT2D eigenvalue weighted by Crippen LogP contribution is 2.30. The first-order valence-corrected chi connectivity index (χ1v) is 25.9. The molecule has 1 unspecified atom stereocenters. The van der Waals surface area contributed by atoms with Crippen molar-refractivity contribution in [3.8, 4) is 0 Å². The third-order valence-electron chi connectivity index (χ3n) is 11.9. The predicted octanol–water partition coefficient (Wildman–Crippen LogP) is 18.7. The highest BCUT2D eigenvalue weighted by Gasteiger charge is 2.34. The van der Waals surface area contributed by atoms with E-state index in [1.165, 1.54) is 193 Å². The third kappa shape index (κ3) is 42.5. The molecule has 2 N–H and O–H groups in total. The lowest BCUT2D eigenvalue weighted by Crippen LogP contribution is -2.42. The van der Waals surface area contributed by atoms with Gasteiger partial charge in [-0.25, -0.2) is 0 Å². The molecule has 0 saturated carbocycles. The van der Waals surface area contributed by atoms with Crippen molar-refractivity contribution in [2.24, 2.45) is 0 Å². The molecular formula is C56H102O2. The van der Waals surface area contributed by atoms with Gasteiger partial charge < -0.3 is 10.2 Å². The van der Waals surface area contributed by atoms with Crippen LogP contribution >= 0.6 is 0 Å². The maximum atomic E-state index is 11.9. The Labute approximate surface area is 364 Å². The largest absolute Gasteiger partial charge is 0.390 e. The summed E-state index contributed by atoms with van der Waals surface area (Å²) in [4.78, 5) is 0. The summed E-state index contributed by atoms with van der Waals surface area (Å²) < 4.78 is 0. The normalized spacial score (nSPS) is 14.2. The summed E-state index contributed by atoms with van der Waals surface area (Å²) in [6.07, 6.45) is 74.0. The Morgan fingerprint density at radius 2 is 0.552 bits per heavy atom. The first kappa shape index (κ1) is 56.4. The molecule has 0 radical (unpaired) electrons. The molecule has 0 spiro atoms. The van der Waals surface area contributed by atoms with Gasteiger partial charge in [-0.05, 0) is 116 Å². The second-order valence-corrected chi connectivity index (χ2v) is 17.7. The van der Waals surface area contributed by atoms with E-state index in [1.54, 1.807) is 0 Å². The summed E-state index contributed by atoms with van der Waals surface area (Å²) in [6.45, 7) is 6.79. The summed E-state index contributed by atoms with van der Waals surface area (Å²) in [5.74, 6) is 0. The van der Waals surface area contributed by atoms with E-state index in [0.717, 1.165) is 57.8 Å². The van der Waals surface area contributed by atoms with Crippen LogP contribution in [0.1, 0.15) is 271 Å². The second kappa shape index (κ2) is 48.0. The van der Waals surface area contributed by atoms with Crippen LogP contribution in [0.2, 0.25) is 0 Å². The molecule has 0 amide bonds. The molecule has 0 aliphatic carbocycles. The van der Waals surface area contributed by atoms with E-state index in [-0.39, 0.29) is 0 Å². The Morgan fingerprint density at radius 3 is 0.845 bits per heavy atom. The second-order valence-electron chi connectivity index (χ2n) is 17.7. The predicted molar refractivity (Wildman–Crippen MR) is 263 cm³/mol. The number of unbranched alkanes of at least 4 members (excludes halogenated alkanes) is 27. The Morgan fingerprint density at radius 1 is 0.310 bits per heavy atom. The number of hydrogen-bond acceptors (Lipinski definition) is 2. The molecule has 0 aliphatic rings. The highest BCUT2D eigenvalue weighted by atomic mass is 16.3. The fraction of sp³-hybridized carbons (Fsp3) is 0.786. The number of aliphatic hydroxyl groups is 2. The first-order valence-electron chi connectivity index (χ1n) is 25.9. The summed E-state index contributed by atoms with van der Waals surface area (Å²) in [6, 6.07) is 0. The first-order chi connectivity index (χ1) is 28.6. The zero-order chi connectivity index (χ0) is 42.1. The molecular weight excluding hydrogens is 705 g/mol.